The lowest BCUT2D eigenvalue weighted by molar-refractivity contribution is 0.0526. The molecular formula is C25H21FN6O3. The van der Waals surface area contributed by atoms with Gasteiger partial charge in [0.1, 0.15) is 11.3 Å². The Labute approximate surface area is 199 Å². The van der Waals surface area contributed by atoms with Gasteiger partial charge in [-0.3, -0.25) is 4.68 Å². The van der Waals surface area contributed by atoms with E-state index in [1.807, 2.05) is 36.4 Å². The Balaban J connectivity index is 1.44. The van der Waals surface area contributed by atoms with Gasteiger partial charge in [-0.1, -0.05) is 42.5 Å². The van der Waals surface area contributed by atoms with Crippen LogP contribution in [-0.4, -0.2) is 49.2 Å². The molecule has 3 aromatic heterocycles. The van der Waals surface area contributed by atoms with Crippen LogP contribution in [0.25, 0.3) is 28.1 Å². The average Bonchev–Trinajstić information content (AvgIpc) is 3.52. The van der Waals surface area contributed by atoms with E-state index in [1.165, 1.54) is 30.3 Å². The van der Waals surface area contributed by atoms with Crippen LogP contribution in [0.3, 0.4) is 0 Å². The molecule has 0 radical (unpaired) electrons. The lowest BCUT2D eigenvalue weighted by atomic mass is 10.0. The van der Waals surface area contributed by atoms with Crippen LogP contribution in [0, 0.1) is 5.82 Å². The van der Waals surface area contributed by atoms with Gasteiger partial charge in [-0.05, 0) is 24.1 Å². The van der Waals surface area contributed by atoms with Crippen molar-refractivity contribution in [3.05, 3.63) is 84.1 Å². The molecule has 0 aliphatic heterocycles. The van der Waals surface area contributed by atoms with E-state index in [0.717, 1.165) is 11.1 Å². The molecule has 0 aliphatic carbocycles. The topological polar surface area (TPSA) is 97.0 Å². The number of ether oxygens (including phenoxy) is 2. The third-order valence-corrected chi connectivity index (χ3v) is 5.35. The maximum absolute atomic E-state index is 14.9. The first kappa shape index (κ1) is 22.2. The molecule has 10 heteroatoms. The van der Waals surface area contributed by atoms with Crippen LogP contribution >= 0.6 is 0 Å². The summed E-state index contributed by atoms with van der Waals surface area (Å²) < 4.78 is 28.2. The molecule has 0 saturated heterocycles. The number of aromatic nitrogens is 6. The zero-order valence-electron chi connectivity index (χ0n) is 19.1. The number of hydrogen-bond donors (Lipinski definition) is 0. The van der Waals surface area contributed by atoms with E-state index in [-0.39, 0.29) is 36.4 Å². The van der Waals surface area contributed by atoms with E-state index in [1.54, 1.807) is 23.9 Å². The molecule has 0 amide bonds. The number of fused-ring (bicyclic) bond motifs is 1. The summed E-state index contributed by atoms with van der Waals surface area (Å²) in [5, 5.41) is 8.64. The molecule has 0 bridgehead atoms. The van der Waals surface area contributed by atoms with Crippen LogP contribution in [0.2, 0.25) is 0 Å². The minimum Gasteiger partial charge on any atom is -0.479 e. The number of carbonyl (C=O) groups is 1. The van der Waals surface area contributed by atoms with E-state index in [4.69, 9.17) is 9.47 Å². The highest BCUT2D eigenvalue weighted by molar-refractivity contribution is 5.88. The largest absolute Gasteiger partial charge is 0.479 e. The highest BCUT2D eigenvalue weighted by Crippen LogP contribution is 2.25. The van der Waals surface area contributed by atoms with Gasteiger partial charge in [0.15, 0.2) is 5.52 Å². The van der Waals surface area contributed by atoms with Crippen molar-refractivity contribution in [2.75, 3.05) is 13.7 Å². The van der Waals surface area contributed by atoms with Crippen molar-refractivity contribution in [2.45, 2.75) is 13.5 Å². The fourth-order valence-electron chi connectivity index (χ4n) is 3.66. The number of nitrogens with zero attached hydrogens (tertiary/aromatic N) is 6. The van der Waals surface area contributed by atoms with Crippen LogP contribution in [0.1, 0.15) is 22.8 Å². The summed E-state index contributed by atoms with van der Waals surface area (Å²) >= 11 is 0. The van der Waals surface area contributed by atoms with E-state index in [9.17, 15) is 9.18 Å². The van der Waals surface area contributed by atoms with Gasteiger partial charge in [-0.2, -0.15) is 15.2 Å². The minimum absolute atomic E-state index is 0.197. The normalized spacial score (nSPS) is 11.1. The van der Waals surface area contributed by atoms with E-state index in [2.05, 4.69) is 20.2 Å². The molecule has 3 heterocycles. The second-order valence-corrected chi connectivity index (χ2v) is 7.66. The minimum atomic E-state index is -0.486. The van der Waals surface area contributed by atoms with Gasteiger partial charge in [0.2, 0.25) is 5.88 Å². The lowest BCUT2D eigenvalue weighted by Gasteiger charge is -2.07. The van der Waals surface area contributed by atoms with Crippen molar-refractivity contribution in [1.82, 2.24) is 29.5 Å². The molecule has 176 valence electrons. The number of benzene rings is 2. The summed E-state index contributed by atoms with van der Waals surface area (Å²) in [4.78, 5) is 20.8. The van der Waals surface area contributed by atoms with Gasteiger partial charge in [0, 0.05) is 11.8 Å². The second-order valence-electron chi connectivity index (χ2n) is 7.66. The van der Waals surface area contributed by atoms with Crippen molar-refractivity contribution in [3.63, 3.8) is 0 Å². The molecule has 5 rings (SSSR count). The number of rotatable bonds is 7. The van der Waals surface area contributed by atoms with Crippen LogP contribution in [0.5, 0.6) is 5.88 Å². The maximum atomic E-state index is 14.9. The molecule has 0 aliphatic rings. The number of esters is 1. The SMILES string of the molecule is CCOC(=O)c1cnn(-c2nc(OC)c3nn(Cc4ccc(-c5ccccc5)cc4F)cc3n2)c1. The Morgan fingerprint density at radius 1 is 1.06 bits per heavy atom. The third-order valence-electron chi connectivity index (χ3n) is 5.35. The smallest absolute Gasteiger partial charge is 0.341 e. The van der Waals surface area contributed by atoms with Crippen molar-refractivity contribution in [1.29, 1.82) is 0 Å². The molecule has 5 aromatic rings. The van der Waals surface area contributed by atoms with Crippen LogP contribution in [-0.2, 0) is 11.3 Å². The molecule has 35 heavy (non-hydrogen) atoms. The molecule has 0 atom stereocenters. The van der Waals surface area contributed by atoms with Crippen molar-refractivity contribution in [3.8, 4) is 23.0 Å². The van der Waals surface area contributed by atoms with Crippen LogP contribution in [0.4, 0.5) is 4.39 Å². The lowest BCUT2D eigenvalue weighted by Crippen LogP contribution is -2.05. The third kappa shape index (κ3) is 4.45. The first-order valence-electron chi connectivity index (χ1n) is 10.9. The summed E-state index contributed by atoms with van der Waals surface area (Å²) in [6, 6.07) is 14.8. The number of halogens is 1. The van der Waals surface area contributed by atoms with Gasteiger partial charge in [0.05, 0.1) is 38.2 Å². The number of methoxy groups -OCH3 is 1. The van der Waals surface area contributed by atoms with Gasteiger partial charge in [-0.25, -0.2) is 18.9 Å². The van der Waals surface area contributed by atoms with Gasteiger partial charge in [-0.15, -0.1) is 0 Å². The predicted octanol–water partition coefficient (Wildman–Crippen LogP) is 4.05. The molecule has 9 nitrogen and oxygen atoms in total. The molecule has 2 aromatic carbocycles. The van der Waals surface area contributed by atoms with Crippen molar-refractivity contribution < 1.29 is 18.7 Å². The monoisotopic (exact) mass is 472 g/mol. The molecule has 0 unspecified atom stereocenters. The molecule has 0 fully saturated rings. The first-order valence-corrected chi connectivity index (χ1v) is 10.9. The Kier molecular flexibility index (Phi) is 5.92. The van der Waals surface area contributed by atoms with Crippen LogP contribution in [0.15, 0.2) is 67.1 Å². The van der Waals surface area contributed by atoms with E-state index >= 15 is 0 Å². The van der Waals surface area contributed by atoms with E-state index in [0.29, 0.717) is 16.6 Å². The average molecular weight is 472 g/mol. The molecule has 0 saturated carbocycles. The summed E-state index contributed by atoms with van der Waals surface area (Å²) in [6.45, 7) is 2.19. The quantitative estimate of drug-likeness (QED) is 0.330. The number of hydrogen-bond acceptors (Lipinski definition) is 7. The Morgan fingerprint density at radius 3 is 2.63 bits per heavy atom. The summed E-state index contributed by atoms with van der Waals surface area (Å²) in [5.41, 5.74) is 3.42. The Hall–Kier alpha value is -4.60. The van der Waals surface area contributed by atoms with Crippen molar-refractivity contribution >= 4 is 17.0 Å². The highest BCUT2D eigenvalue weighted by atomic mass is 19.1. The predicted molar refractivity (Wildman–Crippen MR) is 126 cm³/mol. The fraction of sp³-hybridized carbons (Fsp3) is 0.160. The zero-order valence-corrected chi connectivity index (χ0v) is 19.1. The fourth-order valence-corrected chi connectivity index (χ4v) is 3.66. The van der Waals surface area contributed by atoms with Gasteiger partial charge >= 0.3 is 5.97 Å². The van der Waals surface area contributed by atoms with Gasteiger partial charge in [0.25, 0.3) is 5.95 Å². The maximum Gasteiger partial charge on any atom is 0.341 e. The highest BCUT2D eigenvalue weighted by Gasteiger charge is 2.17. The zero-order chi connectivity index (χ0) is 24.4. The van der Waals surface area contributed by atoms with Crippen molar-refractivity contribution in [2.24, 2.45) is 0 Å². The molecular weight excluding hydrogens is 451 g/mol. The standard InChI is InChI=1S/C25H21FN6O3/c1-3-35-24(33)19-12-27-32(14-19)25-28-21-15-31(30-22(21)23(29-25)34-2)13-18-10-9-17(11-20(18)26)16-7-5-4-6-8-16/h4-12,14-15H,3,13H2,1-2H3. The summed E-state index contributed by atoms with van der Waals surface area (Å²) in [5.74, 6) is -0.382. The first-order chi connectivity index (χ1) is 17.1. The van der Waals surface area contributed by atoms with Crippen LogP contribution < -0.4 is 4.74 Å². The second kappa shape index (κ2) is 9.34. The van der Waals surface area contributed by atoms with Gasteiger partial charge < -0.3 is 9.47 Å². The summed E-state index contributed by atoms with van der Waals surface area (Å²) in [7, 11) is 1.47. The van der Waals surface area contributed by atoms with E-state index < -0.39 is 5.97 Å². The number of carbonyl (C=O) groups excluding carboxylic acids is 1. The molecule has 0 spiro atoms. The Bertz CT molecular complexity index is 1510. The molecule has 0 N–H and O–H groups in total. The summed E-state index contributed by atoms with van der Waals surface area (Å²) in [6.07, 6.45) is 4.54. The Morgan fingerprint density at radius 2 is 1.89 bits per heavy atom.